The minimum atomic E-state index is -0.563. The Morgan fingerprint density at radius 3 is 2.38 bits per heavy atom. The predicted octanol–water partition coefficient (Wildman–Crippen LogP) is 6.06. The van der Waals surface area contributed by atoms with Crippen molar-refractivity contribution in [1.82, 2.24) is 4.98 Å². The smallest absolute Gasteiger partial charge is 0.256 e. The van der Waals surface area contributed by atoms with Crippen molar-refractivity contribution in [3.8, 4) is 23.1 Å². The molecule has 0 saturated heterocycles. The van der Waals surface area contributed by atoms with E-state index >= 15 is 0 Å². The fourth-order valence-corrected chi connectivity index (χ4v) is 4.54. The molecule has 0 unspecified atom stereocenters. The van der Waals surface area contributed by atoms with Gasteiger partial charge in [0.2, 0.25) is 0 Å². The number of hydrogen-bond donors (Lipinski definition) is 2. The van der Waals surface area contributed by atoms with Gasteiger partial charge in [0.25, 0.3) is 11.8 Å². The summed E-state index contributed by atoms with van der Waals surface area (Å²) >= 11 is 4.61. The van der Waals surface area contributed by atoms with E-state index in [0.29, 0.717) is 32.6 Å². The second-order valence-corrected chi connectivity index (χ2v) is 9.93. The zero-order chi connectivity index (χ0) is 26.4. The van der Waals surface area contributed by atoms with E-state index in [1.165, 1.54) is 11.3 Å². The number of nitrogens with two attached hydrogens (primary N) is 1. The molecular formula is C28H21BrN4O3S. The van der Waals surface area contributed by atoms with Gasteiger partial charge in [-0.1, -0.05) is 69.2 Å². The number of nitrogens with zero attached hydrogens (tertiary/aromatic N) is 2. The van der Waals surface area contributed by atoms with E-state index in [0.717, 1.165) is 21.2 Å². The first kappa shape index (κ1) is 25.8. The van der Waals surface area contributed by atoms with Crippen LogP contribution in [0, 0.1) is 18.3 Å². The van der Waals surface area contributed by atoms with Crippen molar-refractivity contribution < 1.29 is 14.3 Å². The standard InChI is InChI=1S/C28H21BrN4O3S/c1-17-2-6-19(7-3-17)25-28(33-26(35)20-8-10-22(29)11-9-20)37-27(32-25)21(15-30)14-18-4-12-23(13-5-18)36-16-24(31)34/h2-14H,16H2,1H3,(H2,31,34)(H,33,35)/b21-14+. The number of thiazole rings is 1. The highest BCUT2D eigenvalue weighted by atomic mass is 79.9. The summed E-state index contributed by atoms with van der Waals surface area (Å²) in [6, 6.07) is 24.0. The number of primary amides is 1. The molecule has 0 spiro atoms. The molecule has 0 atom stereocenters. The number of carbonyl (C=O) groups is 2. The molecule has 7 nitrogen and oxygen atoms in total. The molecule has 0 fully saturated rings. The second-order valence-electron chi connectivity index (χ2n) is 8.02. The third kappa shape index (κ3) is 6.70. The SMILES string of the molecule is Cc1ccc(-c2nc(/C(C#N)=C/c3ccc(OCC(N)=O)cc3)sc2NC(=O)c2ccc(Br)cc2)cc1. The lowest BCUT2D eigenvalue weighted by Crippen LogP contribution is -2.19. The number of aryl methyl sites for hydroxylation is 1. The van der Waals surface area contributed by atoms with Gasteiger partial charge in [-0.05, 0) is 55.0 Å². The molecule has 0 radical (unpaired) electrons. The monoisotopic (exact) mass is 572 g/mol. The van der Waals surface area contributed by atoms with E-state index in [2.05, 4.69) is 27.3 Å². The minimum Gasteiger partial charge on any atom is -0.484 e. The van der Waals surface area contributed by atoms with Gasteiger partial charge in [-0.2, -0.15) is 5.26 Å². The van der Waals surface area contributed by atoms with Gasteiger partial charge in [0.1, 0.15) is 27.5 Å². The van der Waals surface area contributed by atoms with E-state index in [1.54, 1.807) is 54.6 Å². The molecule has 1 heterocycles. The number of nitriles is 1. The number of benzene rings is 3. The lowest BCUT2D eigenvalue weighted by Gasteiger charge is -2.06. The van der Waals surface area contributed by atoms with Crippen LogP contribution in [-0.2, 0) is 4.79 Å². The Balaban J connectivity index is 1.67. The summed E-state index contributed by atoms with van der Waals surface area (Å²) in [7, 11) is 0. The summed E-state index contributed by atoms with van der Waals surface area (Å²) in [4.78, 5) is 28.6. The average molecular weight is 573 g/mol. The fourth-order valence-electron chi connectivity index (χ4n) is 3.33. The molecule has 9 heteroatoms. The van der Waals surface area contributed by atoms with E-state index in [9.17, 15) is 14.9 Å². The lowest BCUT2D eigenvalue weighted by atomic mass is 10.1. The van der Waals surface area contributed by atoms with Gasteiger partial charge < -0.3 is 15.8 Å². The van der Waals surface area contributed by atoms with Gasteiger partial charge in [-0.15, -0.1) is 0 Å². The predicted molar refractivity (Wildman–Crippen MR) is 149 cm³/mol. The van der Waals surface area contributed by atoms with Crippen LogP contribution in [0.2, 0.25) is 0 Å². The van der Waals surface area contributed by atoms with Crippen molar-refractivity contribution in [3.63, 3.8) is 0 Å². The highest BCUT2D eigenvalue weighted by molar-refractivity contribution is 9.10. The number of amides is 2. The molecule has 184 valence electrons. The van der Waals surface area contributed by atoms with Crippen molar-refractivity contribution in [2.24, 2.45) is 5.73 Å². The van der Waals surface area contributed by atoms with Crippen LogP contribution in [0.3, 0.4) is 0 Å². The molecule has 0 aliphatic rings. The minimum absolute atomic E-state index is 0.214. The third-order valence-corrected chi connectivity index (χ3v) is 6.74. The molecule has 1 aromatic heterocycles. The number of allylic oxidation sites excluding steroid dienone is 1. The molecule has 37 heavy (non-hydrogen) atoms. The molecule has 0 aliphatic carbocycles. The van der Waals surface area contributed by atoms with Crippen molar-refractivity contribution in [3.05, 3.63) is 99.0 Å². The number of anilines is 1. The largest absolute Gasteiger partial charge is 0.484 e. The normalized spacial score (nSPS) is 11.0. The fraction of sp³-hybridized carbons (Fsp3) is 0.0714. The van der Waals surface area contributed by atoms with Gasteiger partial charge in [0.15, 0.2) is 6.61 Å². The highest BCUT2D eigenvalue weighted by Crippen LogP contribution is 2.37. The van der Waals surface area contributed by atoms with Crippen LogP contribution in [0.4, 0.5) is 5.00 Å². The summed E-state index contributed by atoms with van der Waals surface area (Å²) in [5, 5.41) is 13.9. The maximum atomic E-state index is 13.0. The van der Waals surface area contributed by atoms with Crippen LogP contribution in [0.15, 0.2) is 77.3 Å². The number of halogens is 1. The topological polar surface area (TPSA) is 118 Å². The average Bonchev–Trinajstić information content (AvgIpc) is 3.30. The number of aromatic nitrogens is 1. The molecule has 3 aromatic carbocycles. The Bertz CT molecular complexity index is 1500. The Morgan fingerprint density at radius 2 is 1.76 bits per heavy atom. The Hall–Kier alpha value is -4.26. The Morgan fingerprint density at radius 1 is 1.08 bits per heavy atom. The van der Waals surface area contributed by atoms with Gasteiger partial charge in [-0.3, -0.25) is 9.59 Å². The van der Waals surface area contributed by atoms with Crippen molar-refractivity contribution in [2.75, 3.05) is 11.9 Å². The van der Waals surface area contributed by atoms with Gasteiger partial charge in [0, 0.05) is 15.6 Å². The Labute approximate surface area is 226 Å². The van der Waals surface area contributed by atoms with Crippen LogP contribution in [0.5, 0.6) is 5.75 Å². The zero-order valence-electron chi connectivity index (χ0n) is 19.7. The zero-order valence-corrected chi connectivity index (χ0v) is 22.1. The number of carbonyl (C=O) groups excluding carboxylic acids is 2. The molecule has 4 rings (SSSR count). The summed E-state index contributed by atoms with van der Waals surface area (Å²) in [6.45, 7) is 1.78. The third-order valence-electron chi connectivity index (χ3n) is 5.21. The van der Waals surface area contributed by atoms with Crippen LogP contribution in [0.1, 0.15) is 26.5 Å². The van der Waals surface area contributed by atoms with Crippen molar-refractivity contribution in [2.45, 2.75) is 6.92 Å². The van der Waals surface area contributed by atoms with E-state index < -0.39 is 5.91 Å². The summed E-state index contributed by atoms with van der Waals surface area (Å²) in [5.41, 5.74) is 9.21. The van der Waals surface area contributed by atoms with Crippen LogP contribution in [-0.4, -0.2) is 23.4 Å². The summed E-state index contributed by atoms with van der Waals surface area (Å²) < 4.78 is 6.16. The molecule has 0 bridgehead atoms. The second kappa shape index (κ2) is 11.6. The number of nitrogens with one attached hydrogen (secondary N) is 1. The Kier molecular flexibility index (Phi) is 8.13. The maximum absolute atomic E-state index is 13.0. The molecule has 0 saturated carbocycles. The molecule has 4 aromatic rings. The van der Waals surface area contributed by atoms with Gasteiger partial charge in [-0.25, -0.2) is 4.98 Å². The number of rotatable bonds is 8. The number of hydrogen-bond acceptors (Lipinski definition) is 6. The molecular weight excluding hydrogens is 552 g/mol. The highest BCUT2D eigenvalue weighted by Gasteiger charge is 2.19. The summed E-state index contributed by atoms with van der Waals surface area (Å²) in [5.74, 6) is -0.347. The van der Waals surface area contributed by atoms with E-state index in [-0.39, 0.29) is 12.5 Å². The van der Waals surface area contributed by atoms with Gasteiger partial charge >= 0.3 is 0 Å². The number of ether oxygens (including phenoxy) is 1. The van der Waals surface area contributed by atoms with Crippen LogP contribution >= 0.6 is 27.3 Å². The maximum Gasteiger partial charge on any atom is 0.256 e. The summed E-state index contributed by atoms with van der Waals surface area (Å²) in [6.07, 6.45) is 1.70. The quantitative estimate of drug-likeness (QED) is 0.249. The first-order valence-electron chi connectivity index (χ1n) is 11.1. The van der Waals surface area contributed by atoms with Crippen LogP contribution < -0.4 is 15.8 Å². The van der Waals surface area contributed by atoms with Gasteiger partial charge in [0.05, 0.1) is 5.57 Å². The molecule has 3 N–H and O–H groups in total. The molecule has 0 aliphatic heterocycles. The van der Waals surface area contributed by atoms with E-state index in [1.807, 2.05) is 31.2 Å². The lowest BCUT2D eigenvalue weighted by molar-refractivity contribution is -0.119. The van der Waals surface area contributed by atoms with Crippen LogP contribution in [0.25, 0.3) is 22.9 Å². The first-order chi connectivity index (χ1) is 17.8. The molecule has 2 amide bonds. The van der Waals surface area contributed by atoms with E-state index in [4.69, 9.17) is 15.5 Å². The van der Waals surface area contributed by atoms with Crippen molar-refractivity contribution >= 4 is 55.7 Å². The van der Waals surface area contributed by atoms with Crippen molar-refractivity contribution in [1.29, 1.82) is 5.26 Å². The first-order valence-corrected chi connectivity index (χ1v) is 12.7.